The summed E-state index contributed by atoms with van der Waals surface area (Å²) >= 11 is 0. The Morgan fingerprint density at radius 1 is 0.846 bits per heavy atom. The zero-order valence-electron chi connectivity index (χ0n) is 22.3. The first-order valence-corrected chi connectivity index (χ1v) is 13.1. The van der Waals surface area contributed by atoms with Gasteiger partial charge < -0.3 is 49.2 Å². The third kappa shape index (κ3) is 12.4. The summed E-state index contributed by atoms with van der Waals surface area (Å²) in [6, 6.07) is 6.37. The second kappa shape index (κ2) is 16.6. The number of hydrogen-bond donors (Lipinski definition) is 1. The maximum Gasteiger partial charge on any atom is 0.119 e. The van der Waals surface area contributed by atoms with E-state index in [1.807, 2.05) is 31.2 Å². The Morgan fingerprint density at radius 2 is 1.49 bits per heavy atom. The fourth-order valence-corrected chi connectivity index (χ4v) is 4.64. The zero-order valence-corrected chi connectivity index (χ0v) is 22.3. The number of carboxylic acid groups (broad SMARTS) is 4. The van der Waals surface area contributed by atoms with Crippen LogP contribution in [0.2, 0.25) is 0 Å². The van der Waals surface area contributed by atoms with Gasteiger partial charge in [0.25, 0.3) is 0 Å². The van der Waals surface area contributed by atoms with Gasteiger partial charge in [-0.05, 0) is 37.5 Å². The van der Waals surface area contributed by atoms with Gasteiger partial charge in [-0.3, -0.25) is 14.7 Å². The van der Waals surface area contributed by atoms with Gasteiger partial charge in [0, 0.05) is 64.4 Å². The van der Waals surface area contributed by atoms with Crippen molar-refractivity contribution in [2.24, 2.45) is 0 Å². The van der Waals surface area contributed by atoms with Crippen LogP contribution in [0, 0.1) is 0 Å². The van der Waals surface area contributed by atoms with E-state index >= 15 is 0 Å². The van der Waals surface area contributed by atoms with Crippen LogP contribution in [0.15, 0.2) is 24.3 Å². The average Bonchev–Trinajstić information content (AvgIpc) is 2.85. The SMILES string of the molecule is CCOc1ccc(CN2CCN(CC(=O)[O-])CCN(C(CCC(=O)[O-])C(=O)[O-])CC[NH+](CC(=O)[O-])CC2)cc1. The molecule has 0 bridgehead atoms. The third-order valence-corrected chi connectivity index (χ3v) is 6.69. The molecular weight excluding hydrogens is 512 g/mol. The molecule has 2 rings (SSSR count). The lowest BCUT2D eigenvalue weighted by Gasteiger charge is -2.37. The Hall–Kier alpha value is -3.26. The number of hydrogen-bond acceptors (Lipinski definition) is 12. The van der Waals surface area contributed by atoms with Crippen molar-refractivity contribution < 1.29 is 49.2 Å². The van der Waals surface area contributed by atoms with Crippen molar-refractivity contribution in [3.63, 3.8) is 0 Å². The molecule has 1 aromatic rings. The lowest BCUT2D eigenvalue weighted by molar-refractivity contribution is -0.893. The molecule has 2 atom stereocenters. The maximum atomic E-state index is 11.9. The highest BCUT2D eigenvalue weighted by atomic mass is 16.5. The summed E-state index contributed by atoms with van der Waals surface area (Å²) < 4.78 is 5.49. The molecule has 0 amide bonds. The molecule has 0 aliphatic carbocycles. The molecule has 0 radical (unpaired) electrons. The van der Waals surface area contributed by atoms with E-state index in [1.165, 1.54) is 4.90 Å². The van der Waals surface area contributed by atoms with Crippen LogP contribution in [0.5, 0.6) is 5.75 Å². The number of carbonyl (C=O) groups excluding carboxylic acids is 4. The van der Waals surface area contributed by atoms with Crippen LogP contribution >= 0.6 is 0 Å². The highest BCUT2D eigenvalue weighted by molar-refractivity contribution is 5.72. The minimum absolute atomic E-state index is 0.108. The molecule has 13 nitrogen and oxygen atoms in total. The highest BCUT2D eigenvalue weighted by Crippen LogP contribution is 2.14. The van der Waals surface area contributed by atoms with Crippen molar-refractivity contribution >= 4 is 23.9 Å². The fourth-order valence-electron chi connectivity index (χ4n) is 4.64. The molecule has 0 spiro atoms. The van der Waals surface area contributed by atoms with Gasteiger partial charge in [-0.1, -0.05) is 12.1 Å². The Bertz CT molecular complexity index is 912. The first-order chi connectivity index (χ1) is 18.6. The van der Waals surface area contributed by atoms with Crippen molar-refractivity contribution in [3.05, 3.63) is 29.8 Å². The molecule has 1 heterocycles. The normalized spacial score (nSPS) is 19.4. The van der Waals surface area contributed by atoms with Crippen LogP contribution in [0.1, 0.15) is 25.3 Å². The van der Waals surface area contributed by atoms with E-state index in [9.17, 15) is 39.6 Å². The lowest BCUT2D eigenvalue weighted by Crippen LogP contribution is -3.14. The number of carbonyl (C=O) groups is 4. The molecule has 1 fully saturated rings. The van der Waals surface area contributed by atoms with E-state index < -0.39 is 36.3 Å². The smallest absolute Gasteiger partial charge is 0.119 e. The standard InChI is InChI=1S/C26H40N4O9/c1-2-39-21-5-3-20(4-6-21)17-27-9-11-28(18-24(33)34)13-15-30(22(26(37)38)7-8-23(31)32)16-14-29(12-10-27)19-25(35)36/h3-6,22H,2,7-19H2,1H3,(H,31,32)(H,33,34)(H,35,36)(H,37,38)/p-3. The molecule has 2 unspecified atom stereocenters. The number of nitrogens with one attached hydrogen (secondary N) is 1. The number of nitrogens with zero attached hydrogens (tertiary/aromatic N) is 3. The van der Waals surface area contributed by atoms with Crippen LogP contribution in [0.3, 0.4) is 0 Å². The predicted octanol–water partition coefficient (Wildman–Crippen LogP) is -6.46. The van der Waals surface area contributed by atoms with E-state index in [0.29, 0.717) is 44.2 Å². The topological polar surface area (TPSA) is 184 Å². The average molecular weight is 550 g/mol. The summed E-state index contributed by atoms with van der Waals surface area (Å²) in [6.45, 7) is 4.73. The quantitative estimate of drug-likeness (QED) is 0.246. The Balaban J connectivity index is 2.24. The van der Waals surface area contributed by atoms with E-state index in [1.54, 1.807) is 4.90 Å². The van der Waals surface area contributed by atoms with Crippen LogP contribution < -0.4 is 30.1 Å². The molecule has 1 saturated heterocycles. The second-order valence-corrected chi connectivity index (χ2v) is 9.58. The summed E-state index contributed by atoms with van der Waals surface area (Å²) in [4.78, 5) is 51.6. The van der Waals surface area contributed by atoms with Gasteiger partial charge >= 0.3 is 0 Å². The van der Waals surface area contributed by atoms with Gasteiger partial charge in [0.1, 0.15) is 12.3 Å². The minimum atomic E-state index is -1.46. The molecule has 1 N–H and O–H groups in total. The summed E-state index contributed by atoms with van der Waals surface area (Å²) in [7, 11) is 0. The number of aliphatic carboxylic acids is 4. The lowest BCUT2D eigenvalue weighted by atomic mass is 10.1. The molecular formula is C26H37N4O9-3. The largest absolute Gasteiger partial charge is 0.550 e. The predicted molar refractivity (Wildman–Crippen MR) is 130 cm³/mol. The van der Waals surface area contributed by atoms with Gasteiger partial charge in [-0.15, -0.1) is 0 Å². The van der Waals surface area contributed by atoms with Crippen molar-refractivity contribution in [1.29, 1.82) is 0 Å². The van der Waals surface area contributed by atoms with Crippen molar-refractivity contribution in [3.8, 4) is 5.75 Å². The summed E-state index contributed by atoms with van der Waals surface area (Å²) in [5.74, 6) is -4.62. The number of ether oxygens (including phenoxy) is 1. The van der Waals surface area contributed by atoms with Gasteiger partial charge in [0.2, 0.25) is 0 Å². The zero-order chi connectivity index (χ0) is 28.8. The third-order valence-electron chi connectivity index (χ3n) is 6.69. The maximum absolute atomic E-state index is 11.9. The molecule has 1 aliphatic rings. The van der Waals surface area contributed by atoms with Crippen molar-refractivity contribution in [1.82, 2.24) is 14.7 Å². The van der Waals surface area contributed by atoms with Gasteiger partial charge in [-0.2, -0.15) is 0 Å². The first kappa shape index (κ1) is 32.0. The number of benzene rings is 1. The Morgan fingerprint density at radius 3 is 2.08 bits per heavy atom. The highest BCUT2D eigenvalue weighted by Gasteiger charge is 2.24. The summed E-state index contributed by atoms with van der Waals surface area (Å²) in [6.07, 6.45) is -0.745. The molecule has 218 valence electrons. The summed E-state index contributed by atoms with van der Waals surface area (Å²) in [5.41, 5.74) is 1.01. The molecule has 0 saturated carbocycles. The van der Waals surface area contributed by atoms with E-state index in [-0.39, 0.29) is 45.7 Å². The molecule has 13 heteroatoms. The number of quaternary nitrogens is 1. The van der Waals surface area contributed by atoms with Gasteiger partial charge in [-0.25, -0.2) is 0 Å². The number of rotatable bonds is 13. The van der Waals surface area contributed by atoms with E-state index in [2.05, 4.69) is 4.90 Å². The van der Waals surface area contributed by atoms with Crippen molar-refractivity contribution in [2.45, 2.75) is 32.4 Å². The Kier molecular flexibility index (Phi) is 13.6. The second-order valence-electron chi connectivity index (χ2n) is 9.58. The van der Waals surface area contributed by atoms with Crippen LogP contribution in [0.25, 0.3) is 0 Å². The molecule has 1 aliphatic heterocycles. The summed E-state index contributed by atoms with van der Waals surface area (Å²) in [5, 5.41) is 45.7. The Labute approximate surface area is 228 Å². The van der Waals surface area contributed by atoms with Gasteiger partial charge in [0.15, 0.2) is 0 Å². The molecule has 39 heavy (non-hydrogen) atoms. The van der Waals surface area contributed by atoms with Crippen LogP contribution in [-0.4, -0.2) is 117 Å². The van der Waals surface area contributed by atoms with Crippen molar-refractivity contribution in [2.75, 3.05) is 72.1 Å². The van der Waals surface area contributed by atoms with Crippen LogP contribution in [0.4, 0.5) is 0 Å². The van der Waals surface area contributed by atoms with Crippen LogP contribution in [-0.2, 0) is 25.7 Å². The fraction of sp³-hybridized carbons (Fsp3) is 0.615. The van der Waals surface area contributed by atoms with E-state index in [0.717, 1.165) is 11.3 Å². The molecule has 0 aromatic heterocycles. The monoisotopic (exact) mass is 549 g/mol. The minimum Gasteiger partial charge on any atom is -0.550 e. The van der Waals surface area contributed by atoms with Gasteiger partial charge in [0.05, 0.1) is 37.6 Å². The first-order valence-electron chi connectivity index (χ1n) is 13.1. The molecule has 1 aromatic carbocycles. The van der Waals surface area contributed by atoms with E-state index in [4.69, 9.17) is 4.74 Å². The number of carboxylic acids is 4.